The van der Waals surface area contributed by atoms with Crippen LogP contribution in [-0.4, -0.2) is 23.4 Å². The number of para-hydroxylation sites is 1. The van der Waals surface area contributed by atoms with Crippen LogP contribution in [0.15, 0.2) is 52.1 Å². The summed E-state index contributed by atoms with van der Waals surface area (Å²) in [6, 6.07) is 12.6. The molecular weight excluding hydrogens is 389 g/mol. The molecule has 2 aromatic carbocycles. The van der Waals surface area contributed by atoms with Crippen molar-refractivity contribution in [1.82, 2.24) is 0 Å². The molecule has 2 rings (SSSR count). The summed E-state index contributed by atoms with van der Waals surface area (Å²) in [7, 11) is 0. The Morgan fingerprint density at radius 2 is 1.93 bits per heavy atom. The Balaban J connectivity index is 2.36. The average Bonchev–Trinajstić information content (AvgIpc) is 2.62. The molecule has 2 aromatic rings. The number of nitrogens with zero attached hydrogens (tertiary/aromatic N) is 1. The molecular formula is C20H19Cl2NO4. The highest BCUT2D eigenvalue weighted by molar-refractivity contribution is 6.57. The van der Waals surface area contributed by atoms with Crippen molar-refractivity contribution in [2.75, 3.05) is 6.61 Å². The van der Waals surface area contributed by atoms with Gasteiger partial charge in [-0.3, -0.25) is 0 Å². The monoisotopic (exact) mass is 407 g/mol. The first-order chi connectivity index (χ1) is 12.9. The van der Waals surface area contributed by atoms with Crippen LogP contribution in [0.2, 0.25) is 0 Å². The van der Waals surface area contributed by atoms with E-state index in [0.29, 0.717) is 16.9 Å². The number of oxime groups is 1. The fraction of sp³-hybridized carbons (Fsp3) is 0.200. The fourth-order valence-corrected chi connectivity index (χ4v) is 2.70. The molecule has 0 saturated carbocycles. The molecule has 0 fully saturated rings. The molecule has 5 nitrogen and oxygen atoms in total. The molecule has 0 aliphatic heterocycles. The summed E-state index contributed by atoms with van der Waals surface area (Å²) in [4.78, 5) is 16.5. The van der Waals surface area contributed by atoms with Crippen LogP contribution < -0.4 is 4.74 Å². The van der Waals surface area contributed by atoms with E-state index in [0.717, 1.165) is 11.1 Å². The fourth-order valence-electron chi connectivity index (χ4n) is 2.46. The minimum absolute atomic E-state index is 0.114. The van der Waals surface area contributed by atoms with E-state index in [1.165, 1.54) is 0 Å². The minimum atomic E-state index is -1.18. The van der Waals surface area contributed by atoms with Crippen LogP contribution in [-0.2, 0) is 16.2 Å². The van der Waals surface area contributed by atoms with Crippen LogP contribution in [0.4, 0.5) is 0 Å². The van der Waals surface area contributed by atoms with Gasteiger partial charge < -0.3 is 14.7 Å². The minimum Gasteiger partial charge on any atom is -0.488 e. The van der Waals surface area contributed by atoms with Gasteiger partial charge in [0.1, 0.15) is 23.5 Å². The Hall–Kier alpha value is -2.50. The van der Waals surface area contributed by atoms with Gasteiger partial charge >= 0.3 is 5.97 Å². The Morgan fingerprint density at radius 1 is 1.19 bits per heavy atom. The Kier molecular flexibility index (Phi) is 7.70. The number of hydrogen-bond donors (Lipinski definition) is 1. The van der Waals surface area contributed by atoms with Crippen molar-refractivity contribution in [3.05, 3.63) is 69.2 Å². The molecule has 142 valence electrons. The number of benzene rings is 2. The quantitative estimate of drug-likeness (QED) is 0.483. The van der Waals surface area contributed by atoms with E-state index in [1.54, 1.807) is 37.3 Å². The number of carbonyl (C=O) groups is 1. The largest absolute Gasteiger partial charge is 0.488 e. The molecule has 0 unspecified atom stereocenters. The van der Waals surface area contributed by atoms with Gasteiger partial charge in [-0.05, 0) is 31.1 Å². The molecule has 0 radical (unpaired) electrons. The van der Waals surface area contributed by atoms with Gasteiger partial charge in [0.2, 0.25) is 0 Å². The van der Waals surface area contributed by atoms with Crippen LogP contribution in [0.3, 0.4) is 0 Å². The Morgan fingerprint density at radius 3 is 2.59 bits per heavy atom. The van der Waals surface area contributed by atoms with Crippen molar-refractivity contribution in [2.24, 2.45) is 5.16 Å². The van der Waals surface area contributed by atoms with Crippen LogP contribution in [0.1, 0.15) is 29.2 Å². The van der Waals surface area contributed by atoms with E-state index in [1.807, 2.05) is 25.1 Å². The van der Waals surface area contributed by atoms with Crippen molar-refractivity contribution in [1.29, 1.82) is 0 Å². The lowest BCUT2D eigenvalue weighted by Crippen LogP contribution is -2.18. The summed E-state index contributed by atoms with van der Waals surface area (Å²) >= 11 is 11.6. The van der Waals surface area contributed by atoms with Gasteiger partial charge in [-0.25, -0.2) is 4.79 Å². The highest BCUT2D eigenvalue weighted by atomic mass is 35.5. The predicted octanol–water partition coefficient (Wildman–Crippen LogP) is 5.18. The molecule has 0 aromatic heterocycles. The van der Waals surface area contributed by atoms with Crippen LogP contribution >= 0.6 is 23.2 Å². The maximum absolute atomic E-state index is 11.6. The second-order valence-electron chi connectivity index (χ2n) is 5.54. The van der Waals surface area contributed by atoms with Crippen LogP contribution in [0.5, 0.6) is 5.75 Å². The summed E-state index contributed by atoms with van der Waals surface area (Å²) in [6.07, 6.45) is 1.59. The molecule has 0 heterocycles. The molecule has 27 heavy (non-hydrogen) atoms. The second kappa shape index (κ2) is 10.00. The lowest BCUT2D eigenvalue weighted by molar-refractivity contribution is -0.129. The summed E-state index contributed by atoms with van der Waals surface area (Å²) in [5, 5.41) is 13.2. The molecule has 7 heteroatoms. The lowest BCUT2D eigenvalue weighted by Gasteiger charge is -2.14. The zero-order valence-corrected chi connectivity index (χ0v) is 16.4. The third-order valence-corrected chi connectivity index (χ3v) is 3.86. The van der Waals surface area contributed by atoms with Crippen molar-refractivity contribution in [3.8, 4) is 5.75 Å². The van der Waals surface area contributed by atoms with E-state index in [2.05, 4.69) is 5.16 Å². The van der Waals surface area contributed by atoms with Gasteiger partial charge in [0.15, 0.2) is 5.71 Å². The van der Waals surface area contributed by atoms with Crippen LogP contribution in [0.25, 0.3) is 6.08 Å². The Bertz CT molecular complexity index is 874. The van der Waals surface area contributed by atoms with E-state index in [4.69, 9.17) is 32.8 Å². The topological polar surface area (TPSA) is 68.1 Å². The van der Waals surface area contributed by atoms with Crippen molar-refractivity contribution in [3.63, 3.8) is 0 Å². The van der Waals surface area contributed by atoms with E-state index in [9.17, 15) is 9.90 Å². The van der Waals surface area contributed by atoms with Gasteiger partial charge in [0.05, 0.1) is 0 Å². The first-order valence-corrected chi connectivity index (χ1v) is 8.96. The summed E-state index contributed by atoms with van der Waals surface area (Å²) in [6.45, 7) is 4.04. The highest BCUT2D eigenvalue weighted by Crippen LogP contribution is 2.28. The van der Waals surface area contributed by atoms with Gasteiger partial charge in [-0.1, -0.05) is 70.8 Å². The maximum Gasteiger partial charge on any atom is 0.358 e. The Labute approximate surface area is 167 Å². The predicted molar refractivity (Wildman–Crippen MR) is 107 cm³/mol. The number of carboxylic acids is 1. The number of aliphatic carboxylic acids is 1. The smallest absolute Gasteiger partial charge is 0.358 e. The normalized spacial score (nSPS) is 11.0. The van der Waals surface area contributed by atoms with E-state index >= 15 is 0 Å². The third kappa shape index (κ3) is 5.74. The third-order valence-electron chi connectivity index (χ3n) is 3.64. The second-order valence-corrected chi connectivity index (χ2v) is 6.54. The zero-order valence-electron chi connectivity index (χ0n) is 14.9. The maximum atomic E-state index is 11.6. The lowest BCUT2D eigenvalue weighted by atomic mass is 10.0. The first kappa shape index (κ1) is 20.8. The summed E-state index contributed by atoms with van der Waals surface area (Å²) in [5.74, 6) is -0.561. The number of rotatable bonds is 8. The molecule has 0 saturated heterocycles. The number of aryl methyl sites for hydroxylation is 1. The van der Waals surface area contributed by atoms with Gasteiger partial charge in [0, 0.05) is 11.1 Å². The number of carboxylic acid groups (broad SMARTS) is 1. The van der Waals surface area contributed by atoms with Gasteiger partial charge in [0.25, 0.3) is 0 Å². The molecule has 0 bridgehead atoms. The molecule has 0 aliphatic carbocycles. The van der Waals surface area contributed by atoms with E-state index in [-0.39, 0.29) is 23.4 Å². The van der Waals surface area contributed by atoms with Crippen molar-refractivity contribution < 1.29 is 19.5 Å². The molecule has 0 aliphatic rings. The summed E-state index contributed by atoms with van der Waals surface area (Å²) < 4.78 is 6.09. The van der Waals surface area contributed by atoms with E-state index < -0.39 is 5.97 Å². The zero-order chi connectivity index (χ0) is 19.8. The first-order valence-electron chi connectivity index (χ1n) is 8.20. The number of ether oxygens (including phenoxy) is 1. The van der Waals surface area contributed by atoms with Gasteiger partial charge in [-0.15, -0.1) is 0 Å². The molecule has 0 atom stereocenters. The average molecular weight is 408 g/mol. The molecule has 0 amide bonds. The number of halogens is 2. The SMILES string of the molecule is CCON=C(C(=O)O)c1ccccc1COc1c(C)cccc1C=C(Cl)Cl. The highest BCUT2D eigenvalue weighted by Gasteiger charge is 2.18. The summed E-state index contributed by atoms with van der Waals surface area (Å²) in [5.41, 5.74) is 2.55. The molecule has 0 spiro atoms. The van der Waals surface area contributed by atoms with Gasteiger partial charge in [-0.2, -0.15) is 0 Å². The molecule has 1 N–H and O–H groups in total. The number of hydrogen-bond acceptors (Lipinski definition) is 4. The standard InChI is InChI=1S/C20H19Cl2NO4/c1-3-27-23-18(20(24)25)16-10-5-4-8-15(16)12-26-19-13(2)7-6-9-14(19)11-17(21)22/h4-11H,3,12H2,1-2H3,(H,24,25). The van der Waals surface area contributed by atoms with Crippen molar-refractivity contribution in [2.45, 2.75) is 20.5 Å². The van der Waals surface area contributed by atoms with Crippen molar-refractivity contribution >= 4 is 41.0 Å². The van der Waals surface area contributed by atoms with Crippen LogP contribution in [0, 0.1) is 6.92 Å².